The molecular formula is C20H21N5O2. The smallest absolute Gasteiger partial charge is 0.204 e. The zero-order valence-corrected chi connectivity index (χ0v) is 15.2. The quantitative estimate of drug-likeness (QED) is 0.648. The predicted octanol–water partition coefficient (Wildman–Crippen LogP) is 2.37. The average Bonchev–Trinajstić information content (AvgIpc) is 3.18. The van der Waals surface area contributed by atoms with E-state index in [1.165, 1.54) is 4.80 Å². The van der Waals surface area contributed by atoms with Crippen LogP contribution in [0.25, 0.3) is 11.4 Å². The van der Waals surface area contributed by atoms with Crippen molar-refractivity contribution >= 4 is 11.5 Å². The van der Waals surface area contributed by atoms with Gasteiger partial charge >= 0.3 is 0 Å². The molecule has 0 aliphatic carbocycles. The Morgan fingerprint density at radius 1 is 1.04 bits per heavy atom. The maximum atomic E-state index is 12.3. The number of aromatic nitrogens is 4. The van der Waals surface area contributed by atoms with Crippen molar-refractivity contribution in [1.82, 2.24) is 20.2 Å². The molecule has 7 nitrogen and oxygen atoms in total. The minimum atomic E-state index is -0.0402. The number of ether oxygens (including phenoxy) is 1. The maximum Gasteiger partial charge on any atom is 0.204 e. The summed E-state index contributed by atoms with van der Waals surface area (Å²) in [5.41, 5.74) is 3.80. The third-order valence-electron chi connectivity index (χ3n) is 4.61. The Morgan fingerprint density at radius 3 is 2.44 bits per heavy atom. The van der Waals surface area contributed by atoms with E-state index in [9.17, 15) is 4.79 Å². The number of anilines is 1. The van der Waals surface area contributed by atoms with Gasteiger partial charge in [0.15, 0.2) is 5.78 Å². The van der Waals surface area contributed by atoms with E-state index in [1.807, 2.05) is 43.3 Å². The summed E-state index contributed by atoms with van der Waals surface area (Å²) in [6.45, 7) is 5.37. The van der Waals surface area contributed by atoms with E-state index in [4.69, 9.17) is 4.74 Å². The number of rotatable bonds is 5. The van der Waals surface area contributed by atoms with Gasteiger partial charge in [0, 0.05) is 29.9 Å². The first-order chi connectivity index (χ1) is 13.2. The number of nitrogens with zero attached hydrogens (tertiary/aromatic N) is 5. The lowest BCUT2D eigenvalue weighted by Gasteiger charge is -2.28. The van der Waals surface area contributed by atoms with Crippen LogP contribution >= 0.6 is 0 Å². The standard InChI is InChI=1S/C20H21N5O2/c1-15-2-4-16(5-3-15)19(26)14-25-22-20(21-23-25)17-6-8-18(9-7-17)24-10-12-27-13-11-24/h2-9H,10-14H2,1H3. The van der Waals surface area contributed by atoms with E-state index in [1.54, 1.807) is 0 Å². The van der Waals surface area contributed by atoms with Gasteiger partial charge in [-0.15, -0.1) is 10.2 Å². The number of ketones is 1. The van der Waals surface area contributed by atoms with Gasteiger partial charge in [0.2, 0.25) is 5.82 Å². The molecule has 0 bridgehead atoms. The summed E-state index contributed by atoms with van der Waals surface area (Å²) in [7, 11) is 0. The SMILES string of the molecule is Cc1ccc(C(=O)Cn2nnc(-c3ccc(N4CCOCC4)cc3)n2)cc1. The van der Waals surface area contributed by atoms with Gasteiger partial charge < -0.3 is 9.64 Å². The van der Waals surface area contributed by atoms with E-state index in [2.05, 4.69) is 32.4 Å². The fraction of sp³-hybridized carbons (Fsp3) is 0.300. The molecule has 4 rings (SSSR count). The van der Waals surface area contributed by atoms with Crippen LogP contribution in [-0.2, 0) is 11.3 Å². The predicted molar refractivity (Wildman–Crippen MR) is 102 cm³/mol. The summed E-state index contributed by atoms with van der Waals surface area (Å²) in [4.78, 5) is 16.0. The summed E-state index contributed by atoms with van der Waals surface area (Å²) in [5, 5.41) is 12.4. The maximum absolute atomic E-state index is 12.3. The second-order valence-electron chi connectivity index (χ2n) is 6.58. The number of morpholine rings is 1. The van der Waals surface area contributed by atoms with Crippen LogP contribution in [0, 0.1) is 6.92 Å². The van der Waals surface area contributed by atoms with Crippen LogP contribution < -0.4 is 4.90 Å². The van der Waals surface area contributed by atoms with Crippen molar-refractivity contribution in [2.24, 2.45) is 0 Å². The van der Waals surface area contributed by atoms with Gasteiger partial charge in [-0.05, 0) is 36.4 Å². The number of tetrazole rings is 1. The Labute approximate surface area is 157 Å². The highest BCUT2D eigenvalue weighted by Crippen LogP contribution is 2.21. The minimum absolute atomic E-state index is 0.0402. The lowest BCUT2D eigenvalue weighted by atomic mass is 10.1. The van der Waals surface area contributed by atoms with Crippen LogP contribution in [0.2, 0.25) is 0 Å². The van der Waals surface area contributed by atoms with Crippen molar-refractivity contribution < 1.29 is 9.53 Å². The molecule has 1 aromatic heterocycles. The van der Waals surface area contributed by atoms with Crippen molar-refractivity contribution in [3.8, 4) is 11.4 Å². The molecule has 0 radical (unpaired) electrons. The molecule has 7 heteroatoms. The number of benzene rings is 2. The Balaban J connectivity index is 1.44. The zero-order chi connectivity index (χ0) is 18.6. The van der Waals surface area contributed by atoms with E-state index in [0.29, 0.717) is 11.4 Å². The second-order valence-corrected chi connectivity index (χ2v) is 6.58. The average molecular weight is 363 g/mol. The molecule has 0 atom stereocenters. The van der Waals surface area contributed by atoms with E-state index < -0.39 is 0 Å². The number of hydrogen-bond acceptors (Lipinski definition) is 6. The number of hydrogen-bond donors (Lipinski definition) is 0. The zero-order valence-electron chi connectivity index (χ0n) is 15.2. The summed E-state index contributed by atoms with van der Waals surface area (Å²) >= 11 is 0. The number of carbonyl (C=O) groups excluding carboxylic acids is 1. The van der Waals surface area contributed by atoms with Crippen molar-refractivity contribution in [3.63, 3.8) is 0 Å². The number of carbonyl (C=O) groups is 1. The van der Waals surface area contributed by atoms with Gasteiger partial charge in [-0.2, -0.15) is 4.80 Å². The summed E-state index contributed by atoms with van der Waals surface area (Å²) in [6.07, 6.45) is 0. The number of aryl methyl sites for hydroxylation is 1. The molecule has 1 saturated heterocycles. The Morgan fingerprint density at radius 2 is 1.74 bits per heavy atom. The molecule has 1 aliphatic rings. The molecular weight excluding hydrogens is 342 g/mol. The lowest BCUT2D eigenvalue weighted by Crippen LogP contribution is -2.36. The van der Waals surface area contributed by atoms with Crippen LogP contribution in [0.5, 0.6) is 0 Å². The van der Waals surface area contributed by atoms with Gasteiger partial charge in [0.1, 0.15) is 6.54 Å². The van der Waals surface area contributed by atoms with Crippen LogP contribution in [0.1, 0.15) is 15.9 Å². The first kappa shape index (κ1) is 17.4. The summed E-state index contributed by atoms with van der Waals surface area (Å²) in [5.74, 6) is 0.474. The Bertz CT molecular complexity index is 912. The molecule has 0 amide bonds. The van der Waals surface area contributed by atoms with Crippen LogP contribution in [0.15, 0.2) is 48.5 Å². The van der Waals surface area contributed by atoms with Crippen molar-refractivity contribution in [2.45, 2.75) is 13.5 Å². The van der Waals surface area contributed by atoms with Crippen LogP contribution in [0.4, 0.5) is 5.69 Å². The normalized spacial score (nSPS) is 14.3. The van der Waals surface area contributed by atoms with Gasteiger partial charge in [0.25, 0.3) is 0 Å². The molecule has 1 aliphatic heterocycles. The monoisotopic (exact) mass is 363 g/mol. The molecule has 0 N–H and O–H groups in total. The van der Waals surface area contributed by atoms with Crippen LogP contribution in [-0.4, -0.2) is 52.3 Å². The van der Waals surface area contributed by atoms with Gasteiger partial charge in [-0.3, -0.25) is 4.79 Å². The molecule has 0 unspecified atom stereocenters. The molecule has 0 saturated carbocycles. The van der Waals surface area contributed by atoms with Crippen LogP contribution in [0.3, 0.4) is 0 Å². The Hall–Kier alpha value is -3.06. The van der Waals surface area contributed by atoms with Crippen molar-refractivity contribution in [1.29, 1.82) is 0 Å². The third-order valence-corrected chi connectivity index (χ3v) is 4.61. The van der Waals surface area contributed by atoms with Gasteiger partial charge in [0.05, 0.1) is 13.2 Å². The largest absolute Gasteiger partial charge is 0.378 e. The third kappa shape index (κ3) is 4.03. The van der Waals surface area contributed by atoms with Gasteiger partial charge in [-0.25, -0.2) is 0 Å². The molecule has 2 aromatic carbocycles. The molecule has 0 spiro atoms. The van der Waals surface area contributed by atoms with E-state index in [-0.39, 0.29) is 12.3 Å². The summed E-state index contributed by atoms with van der Waals surface area (Å²) in [6, 6.07) is 15.5. The highest BCUT2D eigenvalue weighted by Gasteiger charge is 2.13. The highest BCUT2D eigenvalue weighted by atomic mass is 16.5. The van der Waals surface area contributed by atoms with E-state index in [0.717, 1.165) is 43.1 Å². The fourth-order valence-corrected chi connectivity index (χ4v) is 3.03. The molecule has 27 heavy (non-hydrogen) atoms. The molecule has 1 fully saturated rings. The molecule has 3 aromatic rings. The van der Waals surface area contributed by atoms with Crippen molar-refractivity contribution in [3.05, 3.63) is 59.7 Å². The fourth-order valence-electron chi connectivity index (χ4n) is 3.03. The first-order valence-corrected chi connectivity index (χ1v) is 9.00. The number of Topliss-reactive ketones (excluding diaryl/α,β-unsaturated/α-hetero) is 1. The van der Waals surface area contributed by atoms with E-state index >= 15 is 0 Å². The Kier molecular flexibility index (Phi) is 4.93. The molecule has 2 heterocycles. The van der Waals surface area contributed by atoms with Crippen molar-refractivity contribution in [2.75, 3.05) is 31.2 Å². The van der Waals surface area contributed by atoms with Gasteiger partial charge in [-0.1, -0.05) is 29.8 Å². The first-order valence-electron chi connectivity index (χ1n) is 9.00. The highest BCUT2D eigenvalue weighted by molar-refractivity contribution is 5.95. The summed E-state index contributed by atoms with van der Waals surface area (Å²) < 4.78 is 5.39. The topological polar surface area (TPSA) is 73.1 Å². The lowest BCUT2D eigenvalue weighted by molar-refractivity contribution is 0.0961. The molecule has 138 valence electrons. The minimum Gasteiger partial charge on any atom is -0.378 e. The second kappa shape index (κ2) is 7.67.